The summed E-state index contributed by atoms with van der Waals surface area (Å²) >= 11 is 0. The first kappa shape index (κ1) is 39.4. The molecule has 2 aromatic carbocycles. The van der Waals surface area contributed by atoms with Crippen molar-refractivity contribution in [1.29, 1.82) is 0 Å². The Bertz CT molecular complexity index is 1860. The number of phenolic OH excluding ortho intramolecular Hbond substituents is 3. The van der Waals surface area contributed by atoms with Crippen molar-refractivity contribution in [2.24, 2.45) is 11.8 Å². The van der Waals surface area contributed by atoms with Gasteiger partial charge in [0.25, 0.3) is 0 Å². The topological polar surface area (TPSA) is 302 Å². The molecule has 0 bridgehead atoms. The number of aliphatic hydroxyl groups is 6. The lowest BCUT2D eigenvalue weighted by molar-refractivity contribution is -0.368. The van der Waals surface area contributed by atoms with Crippen LogP contribution in [0.15, 0.2) is 45.6 Å². The summed E-state index contributed by atoms with van der Waals surface area (Å²) in [6.45, 7) is 1.99. The number of hydrogen-bond acceptors (Lipinski definition) is 19. The van der Waals surface area contributed by atoms with Gasteiger partial charge in [0.05, 0.1) is 30.7 Å². The number of carbonyl (C=O) groups is 2. The van der Waals surface area contributed by atoms with Crippen LogP contribution >= 0.6 is 0 Å². The molecule has 4 heterocycles. The first-order valence-electron chi connectivity index (χ1n) is 16.9. The highest BCUT2D eigenvalue weighted by Crippen LogP contribution is 2.40. The van der Waals surface area contributed by atoms with Gasteiger partial charge in [-0.2, -0.15) is 0 Å². The molecule has 0 radical (unpaired) electrons. The molecule has 6 rings (SSSR count). The maximum absolute atomic E-state index is 13.9. The van der Waals surface area contributed by atoms with E-state index in [2.05, 4.69) is 0 Å². The van der Waals surface area contributed by atoms with Gasteiger partial charge in [-0.25, -0.2) is 0 Å². The molecule has 19 heteroatoms. The maximum atomic E-state index is 13.9. The van der Waals surface area contributed by atoms with E-state index in [0.29, 0.717) is 12.6 Å². The highest BCUT2D eigenvalue weighted by atomic mass is 16.7. The van der Waals surface area contributed by atoms with Crippen molar-refractivity contribution in [3.05, 3.63) is 46.6 Å². The number of phenols is 3. The number of rotatable bonds is 10. The van der Waals surface area contributed by atoms with Crippen molar-refractivity contribution >= 4 is 23.5 Å². The third-order valence-corrected chi connectivity index (χ3v) is 9.76. The zero-order chi connectivity index (χ0) is 39.2. The second kappa shape index (κ2) is 15.8. The van der Waals surface area contributed by atoms with Crippen LogP contribution in [-0.4, -0.2) is 145 Å². The molecule has 3 aliphatic rings. The fourth-order valence-electron chi connectivity index (χ4n) is 6.88. The lowest BCUT2D eigenvalue weighted by atomic mass is 9.83. The summed E-state index contributed by atoms with van der Waals surface area (Å²) in [6.07, 6.45) is -19.7. The van der Waals surface area contributed by atoms with Crippen molar-refractivity contribution in [2.75, 3.05) is 6.61 Å². The molecule has 0 spiro atoms. The molecule has 19 nitrogen and oxygen atoms in total. The van der Waals surface area contributed by atoms with Gasteiger partial charge in [-0.05, 0) is 38.1 Å². The molecule has 9 N–H and O–H groups in total. The number of hydrogen-bond donors (Lipinski definition) is 9. The standard InChI is InChI=1S/C35H40O19/c1-12-28(52-32-23(42)22-19(41)7-16(40)8-20(22)50-30(32)14-3-5-15(39)6-4-14)17(9-36)18(10-37)34(49-12)54-31-21(11-38)51-35(27(46)25(31)44)53-29-13(2)48-33(47)26(45)24(29)43/h3-10,12-13,17-18,21,24-29,31,33-35,38-41,43-47H,11H2,1-2H3/t12-,13+,17-,18+,21+,24-,25+,26+,27+,28-,29-,31+,33+,34+,35-/m0/s1. The first-order valence-corrected chi connectivity index (χ1v) is 16.9. The molecule has 3 saturated heterocycles. The van der Waals surface area contributed by atoms with Gasteiger partial charge in [0.2, 0.25) is 11.2 Å². The van der Waals surface area contributed by atoms with Gasteiger partial charge in [-0.1, -0.05) is 0 Å². The second-order valence-electron chi connectivity index (χ2n) is 13.3. The van der Waals surface area contributed by atoms with E-state index in [-0.39, 0.29) is 28.0 Å². The van der Waals surface area contributed by atoms with E-state index in [4.69, 9.17) is 32.8 Å². The Morgan fingerprint density at radius 3 is 2.00 bits per heavy atom. The Balaban J connectivity index is 1.26. The average molecular weight is 765 g/mol. The minimum Gasteiger partial charge on any atom is -0.508 e. The number of carbonyl (C=O) groups excluding carboxylic acids is 2. The van der Waals surface area contributed by atoms with E-state index in [1.165, 1.54) is 38.1 Å². The van der Waals surface area contributed by atoms with Crippen molar-refractivity contribution in [3.63, 3.8) is 0 Å². The Kier molecular flexibility index (Phi) is 11.6. The summed E-state index contributed by atoms with van der Waals surface area (Å²) in [7, 11) is 0. The molecule has 0 saturated carbocycles. The number of ether oxygens (including phenoxy) is 6. The zero-order valence-corrected chi connectivity index (χ0v) is 28.6. The number of aromatic hydroxyl groups is 3. The zero-order valence-electron chi connectivity index (χ0n) is 28.6. The van der Waals surface area contributed by atoms with E-state index < -0.39 is 121 Å². The van der Waals surface area contributed by atoms with Gasteiger partial charge < -0.3 is 88.4 Å². The largest absolute Gasteiger partial charge is 0.508 e. The van der Waals surface area contributed by atoms with Crippen LogP contribution in [0.2, 0.25) is 0 Å². The minimum atomic E-state index is -1.92. The monoisotopic (exact) mass is 764 g/mol. The molecule has 54 heavy (non-hydrogen) atoms. The van der Waals surface area contributed by atoms with Crippen LogP contribution in [0.3, 0.4) is 0 Å². The highest BCUT2D eigenvalue weighted by molar-refractivity contribution is 5.88. The normalized spacial score (nSPS) is 37.1. The van der Waals surface area contributed by atoms with Crippen LogP contribution in [-0.2, 0) is 33.3 Å². The third-order valence-electron chi connectivity index (χ3n) is 9.76. The van der Waals surface area contributed by atoms with Crippen LogP contribution < -0.4 is 10.2 Å². The van der Waals surface area contributed by atoms with Gasteiger partial charge in [0, 0.05) is 17.7 Å². The molecule has 294 valence electrons. The second-order valence-corrected chi connectivity index (χ2v) is 13.3. The summed E-state index contributed by atoms with van der Waals surface area (Å²) in [4.78, 5) is 39.1. The molecular formula is C35H40O19. The average Bonchev–Trinajstić information content (AvgIpc) is 3.13. The molecule has 15 atom stereocenters. The smallest absolute Gasteiger partial charge is 0.239 e. The van der Waals surface area contributed by atoms with E-state index in [0.717, 1.165) is 12.1 Å². The van der Waals surface area contributed by atoms with Crippen LogP contribution in [0.1, 0.15) is 13.8 Å². The SMILES string of the molecule is C[C@@H]1O[C@H](O[C@H]2[C@H](O)[C@@H](O)[C@H](O[C@@H]3[C@@H](O)[C@@H](O)[C@H](O)O[C@@H]3C)O[C@@H]2CO)[C@H](C=O)[C@H](C=O)[C@H]1Oc1c(-c2ccc(O)cc2)oc2cc(O)cc(O)c2c1=O. The van der Waals surface area contributed by atoms with Crippen molar-refractivity contribution in [1.82, 2.24) is 0 Å². The molecule has 3 aliphatic heterocycles. The summed E-state index contributed by atoms with van der Waals surface area (Å²) < 4.78 is 40.3. The van der Waals surface area contributed by atoms with Gasteiger partial charge >= 0.3 is 0 Å². The van der Waals surface area contributed by atoms with Crippen LogP contribution in [0.25, 0.3) is 22.3 Å². The third kappa shape index (κ3) is 7.28. The van der Waals surface area contributed by atoms with E-state index in [1.807, 2.05) is 0 Å². The fraction of sp³-hybridized carbons (Fsp3) is 0.514. The molecule has 0 amide bonds. The van der Waals surface area contributed by atoms with Gasteiger partial charge in [0.15, 0.2) is 24.6 Å². The van der Waals surface area contributed by atoms with Crippen LogP contribution in [0, 0.1) is 11.8 Å². The van der Waals surface area contributed by atoms with Crippen LogP contribution in [0.5, 0.6) is 23.0 Å². The highest BCUT2D eigenvalue weighted by Gasteiger charge is 2.53. The lowest BCUT2D eigenvalue weighted by Crippen LogP contribution is -2.65. The maximum Gasteiger partial charge on any atom is 0.239 e. The van der Waals surface area contributed by atoms with Crippen molar-refractivity contribution in [3.8, 4) is 34.3 Å². The van der Waals surface area contributed by atoms with E-state index >= 15 is 0 Å². The predicted octanol–water partition coefficient (Wildman–Crippen LogP) is -1.63. The molecular weight excluding hydrogens is 724 g/mol. The fourth-order valence-corrected chi connectivity index (χ4v) is 6.88. The minimum absolute atomic E-state index is 0.116. The predicted molar refractivity (Wildman–Crippen MR) is 177 cm³/mol. The lowest BCUT2D eigenvalue weighted by Gasteiger charge is -2.48. The number of aldehydes is 2. The Morgan fingerprint density at radius 1 is 0.722 bits per heavy atom. The number of aliphatic hydroxyl groups excluding tert-OH is 6. The Morgan fingerprint density at radius 2 is 1.35 bits per heavy atom. The van der Waals surface area contributed by atoms with Crippen molar-refractivity contribution < 1.29 is 88.4 Å². The van der Waals surface area contributed by atoms with Crippen LogP contribution in [0.4, 0.5) is 0 Å². The van der Waals surface area contributed by atoms with Crippen molar-refractivity contribution in [2.45, 2.75) is 93.8 Å². The molecule has 3 fully saturated rings. The van der Waals surface area contributed by atoms with Gasteiger partial charge in [-0.15, -0.1) is 0 Å². The quantitative estimate of drug-likeness (QED) is 0.105. The van der Waals surface area contributed by atoms with Gasteiger partial charge in [-0.3, -0.25) is 4.79 Å². The van der Waals surface area contributed by atoms with E-state index in [1.54, 1.807) is 0 Å². The summed E-state index contributed by atoms with van der Waals surface area (Å²) in [6, 6.07) is 7.38. The summed E-state index contributed by atoms with van der Waals surface area (Å²) in [5, 5.41) is 92.5. The summed E-state index contributed by atoms with van der Waals surface area (Å²) in [5.41, 5.74) is -0.926. The number of benzene rings is 2. The van der Waals surface area contributed by atoms with Gasteiger partial charge in [0.1, 0.15) is 89.6 Å². The molecule has 3 aromatic rings. The van der Waals surface area contributed by atoms with E-state index in [9.17, 15) is 60.3 Å². The molecule has 0 aliphatic carbocycles. The molecule has 0 unspecified atom stereocenters. The molecule has 1 aromatic heterocycles. The first-order chi connectivity index (χ1) is 25.7. The summed E-state index contributed by atoms with van der Waals surface area (Å²) in [5.74, 6) is -4.80. The Hall–Kier alpha value is -4.25. The Labute approximate surface area is 305 Å². The number of fused-ring (bicyclic) bond motifs is 1.